The summed E-state index contributed by atoms with van der Waals surface area (Å²) in [6.45, 7) is 2.36. The predicted molar refractivity (Wildman–Crippen MR) is 72.8 cm³/mol. The third kappa shape index (κ3) is 2.08. The number of non-ortho nitro benzene ring substituents is 1. The Morgan fingerprint density at radius 3 is 2.95 bits per heavy atom. The lowest BCUT2D eigenvalue weighted by molar-refractivity contribution is -0.384. The number of aromatic nitrogens is 1. The molecule has 0 amide bonds. The molecule has 0 saturated carbocycles. The fourth-order valence-corrected chi connectivity index (χ4v) is 2.65. The van der Waals surface area contributed by atoms with Crippen LogP contribution in [0.5, 0.6) is 0 Å². The molecule has 0 spiro atoms. The molecular weight excluding hydrogens is 260 g/mol. The molecule has 1 aliphatic rings. The summed E-state index contributed by atoms with van der Waals surface area (Å²) in [5.74, 6) is -0.177. The largest absolute Gasteiger partial charge is 0.378 e. The summed E-state index contributed by atoms with van der Waals surface area (Å²) in [7, 11) is 0. The number of hydrogen-bond donors (Lipinski definition) is 1. The number of carbonyl (C=O) groups excluding carboxylic acids is 1. The van der Waals surface area contributed by atoms with E-state index in [1.807, 2.05) is 6.92 Å². The number of nitrogens with one attached hydrogen (secondary N) is 1. The zero-order valence-electron chi connectivity index (χ0n) is 11.0. The molecule has 0 bridgehead atoms. The Hall–Kier alpha value is -2.21. The zero-order chi connectivity index (χ0) is 14.3. The molecule has 0 radical (unpaired) electrons. The fraction of sp³-hybridized carbons (Fsp3) is 0.357. The topological polar surface area (TPSA) is 85.2 Å². The third-order valence-electron chi connectivity index (χ3n) is 3.71. The van der Waals surface area contributed by atoms with E-state index in [4.69, 9.17) is 4.74 Å². The summed E-state index contributed by atoms with van der Waals surface area (Å²) >= 11 is 0. The van der Waals surface area contributed by atoms with Gasteiger partial charge in [0.1, 0.15) is 0 Å². The lowest BCUT2D eigenvalue weighted by Crippen LogP contribution is -2.14. The number of ketones is 1. The van der Waals surface area contributed by atoms with Crippen molar-refractivity contribution < 1.29 is 14.5 Å². The van der Waals surface area contributed by atoms with Crippen molar-refractivity contribution in [2.45, 2.75) is 19.4 Å². The van der Waals surface area contributed by atoms with Gasteiger partial charge in [-0.05, 0) is 19.4 Å². The number of rotatable bonds is 3. The fourth-order valence-electron chi connectivity index (χ4n) is 2.65. The van der Waals surface area contributed by atoms with Crippen LogP contribution in [0.15, 0.2) is 24.4 Å². The van der Waals surface area contributed by atoms with Gasteiger partial charge in [0.05, 0.1) is 17.6 Å². The van der Waals surface area contributed by atoms with Crippen LogP contribution in [0.3, 0.4) is 0 Å². The van der Waals surface area contributed by atoms with Crippen LogP contribution < -0.4 is 0 Å². The first kappa shape index (κ1) is 12.8. The van der Waals surface area contributed by atoms with Gasteiger partial charge in [-0.2, -0.15) is 0 Å². The smallest absolute Gasteiger partial charge is 0.270 e. The molecule has 20 heavy (non-hydrogen) atoms. The number of fused-ring (bicyclic) bond motifs is 1. The average Bonchev–Trinajstić information content (AvgIpc) is 3.03. The highest BCUT2D eigenvalue weighted by Crippen LogP contribution is 2.29. The minimum absolute atomic E-state index is 0.0119. The molecular formula is C14H14N2O4. The summed E-state index contributed by atoms with van der Waals surface area (Å²) in [5.41, 5.74) is 1.22. The molecule has 1 aliphatic heterocycles. The minimum Gasteiger partial charge on any atom is -0.378 e. The van der Waals surface area contributed by atoms with Crippen molar-refractivity contribution in [1.82, 2.24) is 4.98 Å². The molecule has 2 unspecified atom stereocenters. The number of hydrogen-bond acceptors (Lipinski definition) is 4. The summed E-state index contributed by atoms with van der Waals surface area (Å²) in [4.78, 5) is 25.8. The molecule has 104 valence electrons. The SMILES string of the molecule is CC1CC(C(=O)c2c[nH]c3ccc([N+](=O)[O-])cc23)CO1. The average molecular weight is 274 g/mol. The van der Waals surface area contributed by atoms with E-state index >= 15 is 0 Å². The Kier molecular flexibility index (Phi) is 3.02. The van der Waals surface area contributed by atoms with E-state index < -0.39 is 4.92 Å². The van der Waals surface area contributed by atoms with Gasteiger partial charge in [-0.15, -0.1) is 0 Å². The molecule has 2 heterocycles. The highest BCUT2D eigenvalue weighted by Gasteiger charge is 2.30. The van der Waals surface area contributed by atoms with E-state index in [9.17, 15) is 14.9 Å². The van der Waals surface area contributed by atoms with Gasteiger partial charge in [-0.3, -0.25) is 14.9 Å². The molecule has 1 aromatic heterocycles. The van der Waals surface area contributed by atoms with Crippen LogP contribution in [-0.2, 0) is 4.74 Å². The van der Waals surface area contributed by atoms with Gasteiger partial charge in [0, 0.05) is 40.7 Å². The molecule has 6 nitrogen and oxygen atoms in total. The molecule has 3 rings (SSSR count). The van der Waals surface area contributed by atoms with E-state index in [2.05, 4.69) is 4.98 Å². The number of Topliss-reactive ketones (excluding diaryl/α,β-unsaturated/α-hetero) is 1. The van der Waals surface area contributed by atoms with Crippen molar-refractivity contribution >= 4 is 22.4 Å². The Labute approximate surface area is 114 Å². The van der Waals surface area contributed by atoms with E-state index in [1.54, 1.807) is 12.3 Å². The number of ether oxygens (including phenoxy) is 1. The zero-order valence-corrected chi connectivity index (χ0v) is 11.0. The van der Waals surface area contributed by atoms with Gasteiger partial charge in [0.2, 0.25) is 0 Å². The van der Waals surface area contributed by atoms with Gasteiger partial charge in [-0.1, -0.05) is 0 Å². The number of nitro benzene ring substituents is 1. The first-order valence-electron chi connectivity index (χ1n) is 6.47. The van der Waals surface area contributed by atoms with Crippen molar-refractivity contribution in [2.24, 2.45) is 5.92 Å². The number of H-pyrrole nitrogens is 1. The number of carbonyl (C=O) groups is 1. The summed E-state index contributed by atoms with van der Waals surface area (Å²) in [6, 6.07) is 4.49. The van der Waals surface area contributed by atoms with Gasteiger partial charge in [-0.25, -0.2) is 0 Å². The Morgan fingerprint density at radius 2 is 2.30 bits per heavy atom. The standard InChI is InChI=1S/C14H14N2O4/c1-8-4-9(7-20-8)14(17)12-6-15-13-3-2-10(16(18)19)5-11(12)13/h2-3,5-6,8-9,15H,4,7H2,1H3. The quantitative estimate of drug-likeness (QED) is 0.529. The number of benzene rings is 1. The Bertz CT molecular complexity index is 692. The monoisotopic (exact) mass is 274 g/mol. The van der Waals surface area contributed by atoms with Crippen molar-refractivity contribution in [2.75, 3.05) is 6.61 Å². The lowest BCUT2D eigenvalue weighted by Gasteiger charge is -2.05. The van der Waals surface area contributed by atoms with Crippen molar-refractivity contribution in [3.05, 3.63) is 40.1 Å². The number of nitro groups is 1. The maximum atomic E-state index is 12.5. The minimum atomic E-state index is -0.457. The summed E-state index contributed by atoms with van der Waals surface area (Å²) in [5, 5.41) is 11.4. The molecule has 0 aliphatic carbocycles. The highest BCUT2D eigenvalue weighted by molar-refractivity contribution is 6.09. The lowest BCUT2D eigenvalue weighted by atomic mass is 9.95. The Balaban J connectivity index is 2.00. The Morgan fingerprint density at radius 1 is 1.50 bits per heavy atom. The van der Waals surface area contributed by atoms with Crippen LogP contribution in [0.4, 0.5) is 5.69 Å². The second-order valence-electron chi connectivity index (χ2n) is 5.13. The summed E-state index contributed by atoms with van der Waals surface area (Å²) in [6.07, 6.45) is 2.41. The van der Waals surface area contributed by atoms with Crippen LogP contribution in [0.2, 0.25) is 0 Å². The van der Waals surface area contributed by atoms with Crippen molar-refractivity contribution in [1.29, 1.82) is 0 Å². The van der Waals surface area contributed by atoms with Gasteiger partial charge >= 0.3 is 0 Å². The third-order valence-corrected chi connectivity index (χ3v) is 3.71. The van der Waals surface area contributed by atoms with Crippen LogP contribution >= 0.6 is 0 Å². The molecule has 6 heteroatoms. The van der Waals surface area contributed by atoms with Crippen LogP contribution in [0, 0.1) is 16.0 Å². The van der Waals surface area contributed by atoms with Crippen LogP contribution in [-0.4, -0.2) is 28.4 Å². The predicted octanol–water partition coefficient (Wildman–Crippen LogP) is 2.68. The number of nitrogens with zero attached hydrogens (tertiary/aromatic N) is 1. The summed E-state index contributed by atoms with van der Waals surface area (Å²) < 4.78 is 5.42. The van der Waals surface area contributed by atoms with E-state index in [1.165, 1.54) is 12.1 Å². The molecule has 1 fully saturated rings. The van der Waals surface area contributed by atoms with E-state index in [0.29, 0.717) is 24.0 Å². The first-order valence-corrected chi connectivity index (χ1v) is 6.47. The van der Waals surface area contributed by atoms with E-state index in [-0.39, 0.29) is 23.5 Å². The molecule has 1 N–H and O–H groups in total. The second kappa shape index (κ2) is 4.72. The first-order chi connectivity index (χ1) is 9.56. The second-order valence-corrected chi connectivity index (χ2v) is 5.13. The maximum absolute atomic E-state index is 12.5. The number of aromatic amines is 1. The molecule has 2 aromatic rings. The molecule has 1 aromatic carbocycles. The molecule has 1 saturated heterocycles. The van der Waals surface area contributed by atoms with Gasteiger partial charge in [0.25, 0.3) is 5.69 Å². The van der Waals surface area contributed by atoms with Crippen LogP contribution in [0.25, 0.3) is 10.9 Å². The van der Waals surface area contributed by atoms with Gasteiger partial charge in [0.15, 0.2) is 5.78 Å². The molecule has 2 atom stereocenters. The van der Waals surface area contributed by atoms with Crippen molar-refractivity contribution in [3.8, 4) is 0 Å². The normalized spacial score (nSPS) is 22.2. The van der Waals surface area contributed by atoms with Crippen LogP contribution in [0.1, 0.15) is 23.7 Å². The van der Waals surface area contributed by atoms with Gasteiger partial charge < -0.3 is 9.72 Å². The van der Waals surface area contributed by atoms with Crippen molar-refractivity contribution in [3.63, 3.8) is 0 Å². The van der Waals surface area contributed by atoms with E-state index in [0.717, 1.165) is 5.52 Å². The maximum Gasteiger partial charge on any atom is 0.270 e. The highest BCUT2D eigenvalue weighted by atomic mass is 16.6.